The van der Waals surface area contributed by atoms with Crippen molar-refractivity contribution in [3.63, 3.8) is 0 Å². The van der Waals surface area contributed by atoms with Crippen molar-refractivity contribution in [2.45, 2.75) is 20.4 Å². The van der Waals surface area contributed by atoms with E-state index in [0.717, 1.165) is 9.13 Å². The Hall–Kier alpha value is -3.70. The summed E-state index contributed by atoms with van der Waals surface area (Å²) in [5.41, 5.74) is -1.40. The molecule has 4 aromatic rings. The standard InChI is InChI=1S/C17H20N8O4/c1-9(2)6-23-13-11(15(27)22(5)17(23)29)19-8-25(13)24-7-18-10-12(24)20(3)16(28)21(4)14(10)26/h7-9H,6H2,1-5H3. The van der Waals surface area contributed by atoms with Crippen molar-refractivity contribution in [2.24, 2.45) is 27.1 Å². The summed E-state index contributed by atoms with van der Waals surface area (Å²) in [5, 5.41) is 0. The van der Waals surface area contributed by atoms with Crippen LogP contribution in [0.25, 0.3) is 22.3 Å². The highest BCUT2D eigenvalue weighted by Crippen LogP contribution is 2.13. The molecule has 0 unspecified atom stereocenters. The van der Waals surface area contributed by atoms with Gasteiger partial charge in [0.1, 0.15) is 12.7 Å². The van der Waals surface area contributed by atoms with Crippen LogP contribution in [-0.4, -0.2) is 37.6 Å². The van der Waals surface area contributed by atoms with Gasteiger partial charge in [0, 0.05) is 27.7 Å². The molecule has 0 saturated heterocycles. The summed E-state index contributed by atoms with van der Waals surface area (Å²) in [5.74, 6) is 0.118. The van der Waals surface area contributed by atoms with Crippen LogP contribution >= 0.6 is 0 Å². The van der Waals surface area contributed by atoms with E-state index in [1.165, 1.54) is 52.3 Å². The van der Waals surface area contributed by atoms with E-state index in [-0.39, 0.29) is 28.2 Å². The van der Waals surface area contributed by atoms with E-state index in [1.54, 1.807) is 0 Å². The van der Waals surface area contributed by atoms with Crippen LogP contribution in [0.5, 0.6) is 0 Å². The SMILES string of the molecule is CC(C)Cn1c(=O)n(C)c(=O)c2ncn(-n3cnc4c(=O)n(C)c(=O)n(C)c43)c21. The number of fused-ring (bicyclic) bond motifs is 2. The van der Waals surface area contributed by atoms with Gasteiger partial charge in [-0.3, -0.25) is 27.9 Å². The summed E-state index contributed by atoms with van der Waals surface area (Å²) < 4.78 is 7.61. The van der Waals surface area contributed by atoms with Crippen molar-refractivity contribution in [1.29, 1.82) is 0 Å². The van der Waals surface area contributed by atoms with E-state index < -0.39 is 22.5 Å². The highest BCUT2D eigenvalue weighted by atomic mass is 16.2. The van der Waals surface area contributed by atoms with Crippen LogP contribution in [0.3, 0.4) is 0 Å². The maximum Gasteiger partial charge on any atom is 0.332 e. The summed E-state index contributed by atoms with van der Waals surface area (Å²) in [4.78, 5) is 58.6. The summed E-state index contributed by atoms with van der Waals surface area (Å²) in [6.45, 7) is 4.25. The maximum absolute atomic E-state index is 12.8. The number of aromatic nitrogens is 8. The van der Waals surface area contributed by atoms with Gasteiger partial charge in [0.05, 0.1) is 0 Å². The lowest BCUT2D eigenvalue weighted by Crippen LogP contribution is -2.40. The van der Waals surface area contributed by atoms with Crippen LogP contribution in [0, 0.1) is 5.92 Å². The minimum atomic E-state index is -0.540. The zero-order valence-electron chi connectivity index (χ0n) is 16.6. The van der Waals surface area contributed by atoms with Crippen molar-refractivity contribution in [2.75, 3.05) is 0 Å². The van der Waals surface area contributed by atoms with Crippen LogP contribution in [0.2, 0.25) is 0 Å². The minimum absolute atomic E-state index is 0.0815. The molecule has 0 amide bonds. The molecule has 0 N–H and O–H groups in total. The van der Waals surface area contributed by atoms with Crippen molar-refractivity contribution in [1.82, 2.24) is 37.6 Å². The Balaban J connectivity index is 2.20. The predicted molar refractivity (Wildman–Crippen MR) is 105 cm³/mol. The second-order valence-corrected chi connectivity index (χ2v) is 7.38. The molecule has 152 valence electrons. The Bertz CT molecular complexity index is 1520. The van der Waals surface area contributed by atoms with Crippen molar-refractivity contribution in [3.8, 4) is 0 Å². The van der Waals surface area contributed by atoms with Gasteiger partial charge < -0.3 is 0 Å². The highest BCUT2D eigenvalue weighted by Gasteiger charge is 2.21. The summed E-state index contributed by atoms with van der Waals surface area (Å²) in [6, 6.07) is 0. The largest absolute Gasteiger partial charge is 0.332 e. The minimum Gasteiger partial charge on any atom is -0.279 e. The second-order valence-electron chi connectivity index (χ2n) is 7.38. The number of hydrogen-bond acceptors (Lipinski definition) is 6. The van der Waals surface area contributed by atoms with Gasteiger partial charge in [0.25, 0.3) is 11.1 Å². The smallest absolute Gasteiger partial charge is 0.279 e. The maximum atomic E-state index is 12.8. The fourth-order valence-corrected chi connectivity index (χ4v) is 3.46. The number of aryl methyl sites for hydroxylation is 1. The molecule has 4 heterocycles. The molecule has 0 radical (unpaired) electrons. The molecule has 0 spiro atoms. The number of nitrogens with zero attached hydrogens (tertiary/aromatic N) is 8. The van der Waals surface area contributed by atoms with Crippen molar-refractivity contribution in [3.05, 3.63) is 54.3 Å². The van der Waals surface area contributed by atoms with Crippen LogP contribution in [0.4, 0.5) is 0 Å². The van der Waals surface area contributed by atoms with Gasteiger partial charge in [-0.05, 0) is 5.92 Å². The molecule has 0 saturated carbocycles. The van der Waals surface area contributed by atoms with Crippen LogP contribution < -0.4 is 22.5 Å². The number of rotatable bonds is 3. The van der Waals surface area contributed by atoms with Gasteiger partial charge in [-0.2, -0.15) is 0 Å². The molecule has 0 aromatic carbocycles. The molecule has 0 aliphatic heterocycles. The zero-order chi connectivity index (χ0) is 21.2. The Morgan fingerprint density at radius 2 is 1.24 bits per heavy atom. The fourth-order valence-electron chi connectivity index (χ4n) is 3.46. The van der Waals surface area contributed by atoms with E-state index in [0.29, 0.717) is 6.54 Å². The first kappa shape index (κ1) is 18.7. The third-order valence-electron chi connectivity index (χ3n) is 4.91. The molecule has 0 aliphatic carbocycles. The molecule has 0 fully saturated rings. The number of hydrogen-bond donors (Lipinski definition) is 0. The normalized spacial score (nSPS) is 11.9. The van der Waals surface area contributed by atoms with Crippen LogP contribution in [0.15, 0.2) is 31.8 Å². The molecule has 0 aliphatic rings. The lowest BCUT2D eigenvalue weighted by atomic mass is 10.2. The topological polar surface area (TPSA) is 124 Å². The van der Waals surface area contributed by atoms with E-state index in [2.05, 4.69) is 9.97 Å². The molecular formula is C17H20N8O4. The van der Waals surface area contributed by atoms with E-state index >= 15 is 0 Å². The Labute approximate surface area is 162 Å². The summed E-state index contributed by atoms with van der Waals surface area (Å²) in [7, 11) is 4.29. The van der Waals surface area contributed by atoms with E-state index in [4.69, 9.17) is 0 Å². The summed E-state index contributed by atoms with van der Waals surface area (Å²) >= 11 is 0. The Morgan fingerprint density at radius 3 is 1.79 bits per heavy atom. The predicted octanol–water partition coefficient (Wildman–Crippen LogP) is -1.39. The second kappa shape index (κ2) is 6.15. The van der Waals surface area contributed by atoms with Crippen molar-refractivity contribution < 1.29 is 0 Å². The van der Waals surface area contributed by atoms with Gasteiger partial charge in [-0.1, -0.05) is 13.8 Å². The molecule has 12 nitrogen and oxygen atoms in total. The molecule has 0 atom stereocenters. The quantitative estimate of drug-likeness (QED) is 0.417. The lowest BCUT2D eigenvalue weighted by molar-refractivity contribution is 0.490. The highest BCUT2D eigenvalue weighted by molar-refractivity contribution is 5.73. The van der Waals surface area contributed by atoms with E-state index in [1.807, 2.05) is 13.8 Å². The van der Waals surface area contributed by atoms with Crippen LogP contribution in [0.1, 0.15) is 13.8 Å². The van der Waals surface area contributed by atoms with Gasteiger partial charge in [0.15, 0.2) is 22.3 Å². The van der Waals surface area contributed by atoms with Crippen LogP contribution in [-0.2, 0) is 27.7 Å². The molecule has 0 bridgehead atoms. The summed E-state index contributed by atoms with van der Waals surface area (Å²) in [6.07, 6.45) is 2.72. The Morgan fingerprint density at radius 1 is 0.759 bits per heavy atom. The van der Waals surface area contributed by atoms with Gasteiger partial charge in [0.2, 0.25) is 0 Å². The molecule has 4 aromatic heterocycles. The zero-order valence-corrected chi connectivity index (χ0v) is 16.6. The molecule has 12 heteroatoms. The average Bonchev–Trinajstić information content (AvgIpc) is 3.30. The van der Waals surface area contributed by atoms with Gasteiger partial charge in [-0.25, -0.2) is 28.9 Å². The lowest BCUT2D eigenvalue weighted by Gasteiger charge is -2.15. The molecule has 4 rings (SSSR count). The van der Waals surface area contributed by atoms with Crippen molar-refractivity contribution >= 4 is 22.3 Å². The monoisotopic (exact) mass is 400 g/mol. The Kier molecular flexibility index (Phi) is 3.96. The van der Waals surface area contributed by atoms with Gasteiger partial charge in [-0.15, -0.1) is 0 Å². The number of imidazole rings is 2. The first-order valence-electron chi connectivity index (χ1n) is 8.95. The third-order valence-corrected chi connectivity index (χ3v) is 4.91. The average molecular weight is 400 g/mol. The first-order chi connectivity index (χ1) is 13.6. The first-order valence-corrected chi connectivity index (χ1v) is 8.95. The molecule has 29 heavy (non-hydrogen) atoms. The fraction of sp³-hybridized carbons (Fsp3) is 0.412. The van der Waals surface area contributed by atoms with E-state index in [9.17, 15) is 19.2 Å². The third kappa shape index (κ3) is 2.45. The van der Waals surface area contributed by atoms with Gasteiger partial charge >= 0.3 is 11.4 Å². The molecular weight excluding hydrogens is 380 g/mol.